The van der Waals surface area contributed by atoms with E-state index < -0.39 is 12.1 Å². The summed E-state index contributed by atoms with van der Waals surface area (Å²) in [6.45, 7) is 0. The van der Waals surface area contributed by atoms with E-state index in [2.05, 4.69) is 15.1 Å². The maximum atomic E-state index is 13.1. The van der Waals surface area contributed by atoms with Crippen LogP contribution in [-0.4, -0.2) is 30.7 Å². The van der Waals surface area contributed by atoms with Gasteiger partial charge in [0.2, 0.25) is 6.17 Å². The molecule has 0 aliphatic rings. The van der Waals surface area contributed by atoms with Gasteiger partial charge in [0.05, 0.1) is 12.4 Å². The maximum absolute atomic E-state index is 13.1. The monoisotopic (exact) mass is 196 g/mol. The smallest absolute Gasteiger partial charge is 0.344 e. The summed E-state index contributed by atoms with van der Waals surface area (Å²) in [6, 6.07) is 0. The van der Waals surface area contributed by atoms with Gasteiger partial charge in [0.25, 0.3) is 0 Å². The van der Waals surface area contributed by atoms with Crippen LogP contribution < -0.4 is 0 Å². The Bertz CT molecular complexity index is 483. The first kappa shape index (κ1) is 8.54. The summed E-state index contributed by atoms with van der Waals surface area (Å²) in [5.41, 5.74) is 0.166. The molecule has 2 rings (SSSR count). The third-order valence-corrected chi connectivity index (χ3v) is 1.69. The highest BCUT2D eigenvalue weighted by molar-refractivity contribution is 5.73. The number of fused-ring (bicyclic) bond motifs is 1. The van der Waals surface area contributed by atoms with Gasteiger partial charge < -0.3 is 5.11 Å². The summed E-state index contributed by atoms with van der Waals surface area (Å²) >= 11 is 0. The Balaban J connectivity index is 2.61. The molecule has 0 aliphatic heterocycles. The number of aromatic nitrogens is 4. The molecule has 0 aliphatic carbocycles. The van der Waals surface area contributed by atoms with Crippen LogP contribution in [0.2, 0.25) is 0 Å². The largest absolute Gasteiger partial charge is 0.479 e. The molecule has 0 saturated heterocycles. The van der Waals surface area contributed by atoms with Gasteiger partial charge in [0.1, 0.15) is 12.0 Å². The molecule has 0 aromatic carbocycles. The van der Waals surface area contributed by atoms with Crippen molar-refractivity contribution in [2.75, 3.05) is 0 Å². The molecule has 0 bridgehead atoms. The molecule has 1 atom stereocenters. The molecule has 6 nitrogen and oxygen atoms in total. The van der Waals surface area contributed by atoms with E-state index in [0.717, 1.165) is 10.7 Å². The minimum absolute atomic E-state index is 0.146. The first-order chi connectivity index (χ1) is 6.70. The number of rotatable bonds is 2. The Morgan fingerprint density at radius 2 is 2.36 bits per heavy atom. The van der Waals surface area contributed by atoms with E-state index in [0.29, 0.717) is 5.65 Å². The zero-order valence-corrected chi connectivity index (χ0v) is 6.83. The van der Waals surface area contributed by atoms with Crippen molar-refractivity contribution in [3.05, 3.63) is 24.4 Å². The van der Waals surface area contributed by atoms with Crippen LogP contribution in [0.15, 0.2) is 18.7 Å². The van der Waals surface area contributed by atoms with Crippen molar-refractivity contribution < 1.29 is 14.3 Å². The Morgan fingerprint density at radius 3 is 3.07 bits per heavy atom. The Labute approximate surface area is 77.0 Å². The molecule has 2 heterocycles. The number of carboxylic acid groups (broad SMARTS) is 1. The first-order valence-electron chi connectivity index (χ1n) is 3.70. The summed E-state index contributed by atoms with van der Waals surface area (Å²) in [6.07, 6.45) is 1.54. The standard InChI is InChI=1S/C7H5FN4O2/c8-6(7(13)14)4-1-9-2-5-10-3-11-12(4)5/h1-3,6H,(H,13,14). The van der Waals surface area contributed by atoms with Gasteiger partial charge in [-0.2, -0.15) is 5.10 Å². The predicted molar refractivity (Wildman–Crippen MR) is 42.3 cm³/mol. The fourth-order valence-corrected chi connectivity index (χ4v) is 1.07. The van der Waals surface area contributed by atoms with Crippen molar-refractivity contribution in [3.63, 3.8) is 0 Å². The lowest BCUT2D eigenvalue weighted by Gasteiger charge is -2.03. The summed E-state index contributed by atoms with van der Waals surface area (Å²) in [7, 11) is 0. The van der Waals surface area contributed by atoms with Crippen molar-refractivity contribution in [2.24, 2.45) is 0 Å². The maximum Gasteiger partial charge on any atom is 0.344 e. The molecule has 0 amide bonds. The molecule has 72 valence electrons. The highest BCUT2D eigenvalue weighted by atomic mass is 19.1. The van der Waals surface area contributed by atoms with Crippen LogP contribution in [0.1, 0.15) is 11.9 Å². The lowest BCUT2D eigenvalue weighted by atomic mass is 10.3. The zero-order chi connectivity index (χ0) is 10.1. The second kappa shape index (κ2) is 3.02. The highest BCUT2D eigenvalue weighted by Crippen LogP contribution is 2.16. The average Bonchev–Trinajstić information content (AvgIpc) is 2.63. The zero-order valence-electron chi connectivity index (χ0n) is 6.83. The molecule has 2 aromatic heterocycles. The lowest BCUT2D eigenvalue weighted by Crippen LogP contribution is -2.11. The molecule has 0 fully saturated rings. The van der Waals surface area contributed by atoms with Crippen LogP contribution >= 0.6 is 0 Å². The molecule has 1 unspecified atom stereocenters. The lowest BCUT2D eigenvalue weighted by molar-refractivity contribution is -0.143. The second-order valence-corrected chi connectivity index (χ2v) is 2.56. The van der Waals surface area contributed by atoms with Gasteiger partial charge >= 0.3 is 5.97 Å². The van der Waals surface area contributed by atoms with Gasteiger partial charge in [-0.05, 0) is 0 Å². The number of aliphatic carboxylic acids is 1. The van der Waals surface area contributed by atoms with E-state index in [1.165, 1.54) is 12.5 Å². The summed E-state index contributed by atoms with van der Waals surface area (Å²) in [5.74, 6) is -1.57. The van der Waals surface area contributed by atoms with Gasteiger partial charge in [-0.25, -0.2) is 18.7 Å². The number of hydrogen-bond acceptors (Lipinski definition) is 4. The Hall–Kier alpha value is -2.05. The number of alkyl halides is 1. The average molecular weight is 196 g/mol. The van der Waals surface area contributed by atoms with Crippen molar-refractivity contribution in [1.82, 2.24) is 19.6 Å². The minimum Gasteiger partial charge on any atom is -0.479 e. The number of carboxylic acids is 1. The molecule has 1 N–H and O–H groups in total. The van der Waals surface area contributed by atoms with Crippen LogP contribution in [-0.2, 0) is 4.79 Å². The van der Waals surface area contributed by atoms with Crippen LogP contribution in [0.5, 0.6) is 0 Å². The van der Waals surface area contributed by atoms with E-state index in [-0.39, 0.29) is 5.69 Å². The van der Waals surface area contributed by atoms with Gasteiger partial charge in [0.15, 0.2) is 5.65 Å². The molecule has 0 saturated carbocycles. The number of hydrogen-bond donors (Lipinski definition) is 1. The number of carbonyl (C=O) groups is 1. The molecule has 0 radical (unpaired) electrons. The molecular weight excluding hydrogens is 191 g/mol. The summed E-state index contributed by atoms with van der Waals surface area (Å²) < 4.78 is 14.2. The Kier molecular flexibility index (Phi) is 1.84. The third kappa shape index (κ3) is 1.18. The quantitative estimate of drug-likeness (QED) is 0.743. The van der Waals surface area contributed by atoms with Gasteiger partial charge in [0, 0.05) is 0 Å². The van der Waals surface area contributed by atoms with Crippen LogP contribution in [0.4, 0.5) is 4.39 Å². The van der Waals surface area contributed by atoms with E-state index in [1.54, 1.807) is 0 Å². The SMILES string of the molecule is O=C(O)C(F)c1cncc2ncnn12. The van der Waals surface area contributed by atoms with Crippen molar-refractivity contribution in [2.45, 2.75) is 6.17 Å². The third-order valence-electron chi connectivity index (χ3n) is 1.69. The molecule has 0 spiro atoms. The second-order valence-electron chi connectivity index (χ2n) is 2.56. The molecule has 7 heteroatoms. The van der Waals surface area contributed by atoms with Crippen molar-refractivity contribution in [1.29, 1.82) is 0 Å². The van der Waals surface area contributed by atoms with E-state index in [4.69, 9.17) is 5.11 Å². The van der Waals surface area contributed by atoms with Crippen molar-refractivity contribution >= 4 is 11.6 Å². The van der Waals surface area contributed by atoms with Gasteiger partial charge in [-0.15, -0.1) is 0 Å². The molecular formula is C7H5FN4O2. The molecule has 14 heavy (non-hydrogen) atoms. The van der Waals surface area contributed by atoms with Gasteiger partial charge in [-0.3, -0.25) is 4.98 Å². The number of halogens is 1. The normalized spacial score (nSPS) is 12.9. The topological polar surface area (TPSA) is 80.4 Å². The summed E-state index contributed by atoms with van der Waals surface area (Å²) in [5, 5.41) is 12.2. The first-order valence-corrected chi connectivity index (χ1v) is 3.70. The van der Waals surface area contributed by atoms with Gasteiger partial charge in [-0.1, -0.05) is 0 Å². The highest BCUT2D eigenvalue weighted by Gasteiger charge is 2.22. The van der Waals surface area contributed by atoms with Crippen molar-refractivity contribution in [3.8, 4) is 0 Å². The Morgan fingerprint density at radius 1 is 1.57 bits per heavy atom. The van der Waals surface area contributed by atoms with E-state index >= 15 is 0 Å². The van der Waals surface area contributed by atoms with E-state index in [9.17, 15) is 9.18 Å². The minimum atomic E-state index is -2.15. The molecule has 2 aromatic rings. The van der Waals surface area contributed by atoms with Crippen LogP contribution in [0, 0.1) is 0 Å². The fraction of sp³-hybridized carbons (Fsp3) is 0.143. The predicted octanol–water partition coefficient (Wildman–Crippen LogP) is 0.219. The number of nitrogens with zero attached hydrogens (tertiary/aromatic N) is 4. The fourth-order valence-electron chi connectivity index (χ4n) is 1.07. The van der Waals surface area contributed by atoms with Crippen LogP contribution in [0.25, 0.3) is 5.65 Å². The summed E-state index contributed by atoms with van der Waals surface area (Å²) in [4.78, 5) is 17.8. The van der Waals surface area contributed by atoms with E-state index in [1.807, 2.05) is 0 Å². The van der Waals surface area contributed by atoms with Crippen LogP contribution in [0.3, 0.4) is 0 Å².